The summed E-state index contributed by atoms with van der Waals surface area (Å²) in [7, 11) is 0. The fraction of sp³-hybridized carbons (Fsp3) is 0.133. The number of hydrogen-bond acceptors (Lipinski definition) is 2. The zero-order valence-corrected chi connectivity index (χ0v) is 11.2. The molecule has 0 unspecified atom stereocenters. The number of aliphatic hydroxyl groups is 1. The molecular weight excluding hydrogens is 264 g/mol. The summed E-state index contributed by atoms with van der Waals surface area (Å²) >= 11 is 4.64. The number of hydrogen-bond donors (Lipinski definition) is 2. The predicted molar refractivity (Wildman–Crippen MR) is 75.3 cm³/mol. The van der Waals surface area contributed by atoms with E-state index in [9.17, 15) is 15.0 Å². The molecule has 100 valence electrons. The minimum Gasteiger partial charge on any atom is -0.479 e. The molecule has 3 nitrogen and oxygen atoms in total. The van der Waals surface area contributed by atoms with Gasteiger partial charge in [-0.3, -0.25) is 0 Å². The van der Waals surface area contributed by atoms with Crippen LogP contribution in [0.5, 0.6) is 0 Å². The van der Waals surface area contributed by atoms with Crippen molar-refractivity contribution in [2.75, 3.05) is 6.38 Å². The standard InChI is InChI=1S/C14H12O3.CH3Cl/c15-13(16)14(17,11-7-3-1-4-8-11)12-9-5-2-6-10-12;1-2/h1-10,17H,(H,15,16);1H3. The molecule has 0 heterocycles. The Morgan fingerprint density at radius 2 is 1.21 bits per heavy atom. The number of carboxylic acid groups (broad SMARTS) is 1. The zero-order valence-electron chi connectivity index (χ0n) is 10.5. The molecule has 0 radical (unpaired) electrons. The van der Waals surface area contributed by atoms with Gasteiger partial charge < -0.3 is 10.2 Å². The van der Waals surface area contributed by atoms with Crippen molar-refractivity contribution in [3.05, 3.63) is 71.8 Å². The number of alkyl halides is 1. The maximum Gasteiger partial charge on any atom is 0.345 e. The van der Waals surface area contributed by atoms with Gasteiger partial charge in [0.2, 0.25) is 5.60 Å². The van der Waals surface area contributed by atoms with Crippen LogP contribution in [0, 0.1) is 0 Å². The highest BCUT2D eigenvalue weighted by molar-refractivity contribution is 6.15. The van der Waals surface area contributed by atoms with E-state index in [-0.39, 0.29) is 0 Å². The Bertz CT molecular complexity index is 472. The summed E-state index contributed by atoms with van der Waals surface area (Å²) in [6.07, 6.45) is 1.47. The van der Waals surface area contributed by atoms with Gasteiger partial charge in [-0.1, -0.05) is 60.7 Å². The van der Waals surface area contributed by atoms with Gasteiger partial charge in [-0.15, -0.1) is 11.6 Å². The van der Waals surface area contributed by atoms with Crippen LogP contribution in [-0.4, -0.2) is 22.6 Å². The molecule has 0 amide bonds. The van der Waals surface area contributed by atoms with Gasteiger partial charge in [0, 0.05) is 6.38 Å². The lowest BCUT2D eigenvalue weighted by atomic mass is 9.86. The third-order valence-electron chi connectivity index (χ3n) is 2.69. The van der Waals surface area contributed by atoms with Crippen LogP contribution in [0.15, 0.2) is 60.7 Å². The number of rotatable bonds is 3. The fourth-order valence-electron chi connectivity index (χ4n) is 1.77. The Morgan fingerprint density at radius 1 is 0.895 bits per heavy atom. The second-order valence-corrected chi connectivity index (χ2v) is 3.75. The van der Waals surface area contributed by atoms with E-state index in [2.05, 4.69) is 11.6 Å². The summed E-state index contributed by atoms with van der Waals surface area (Å²) < 4.78 is 0. The highest BCUT2D eigenvalue weighted by atomic mass is 35.5. The molecule has 19 heavy (non-hydrogen) atoms. The molecule has 0 aromatic heterocycles. The van der Waals surface area contributed by atoms with Crippen LogP contribution in [-0.2, 0) is 10.4 Å². The molecule has 0 saturated heterocycles. The molecule has 0 fully saturated rings. The van der Waals surface area contributed by atoms with E-state index in [1.807, 2.05) is 0 Å². The Morgan fingerprint density at radius 3 is 1.47 bits per heavy atom. The van der Waals surface area contributed by atoms with Gasteiger partial charge in [-0.05, 0) is 11.1 Å². The van der Waals surface area contributed by atoms with E-state index in [4.69, 9.17) is 0 Å². The van der Waals surface area contributed by atoms with Gasteiger partial charge in [-0.25, -0.2) is 4.79 Å². The molecule has 4 heteroatoms. The maximum atomic E-state index is 11.4. The number of aliphatic carboxylic acids is 1. The van der Waals surface area contributed by atoms with Crippen LogP contribution in [0.2, 0.25) is 0 Å². The van der Waals surface area contributed by atoms with Gasteiger partial charge in [0.25, 0.3) is 0 Å². The first-order chi connectivity index (χ1) is 9.15. The molecular formula is C15H15ClO3. The third kappa shape index (κ3) is 3.13. The first-order valence-electron chi connectivity index (χ1n) is 5.60. The molecule has 2 rings (SSSR count). The molecule has 2 aromatic rings. The lowest BCUT2D eigenvalue weighted by molar-refractivity contribution is -0.155. The number of benzene rings is 2. The minimum atomic E-state index is -2.00. The quantitative estimate of drug-likeness (QED) is 0.849. The van der Waals surface area contributed by atoms with E-state index in [0.717, 1.165) is 0 Å². The number of carbonyl (C=O) groups is 1. The average molecular weight is 279 g/mol. The van der Waals surface area contributed by atoms with Crippen LogP contribution in [0.25, 0.3) is 0 Å². The Labute approximate surface area is 117 Å². The Kier molecular flexibility index (Phi) is 5.55. The van der Waals surface area contributed by atoms with Gasteiger partial charge in [0.05, 0.1) is 0 Å². The highest BCUT2D eigenvalue weighted by Crippen LogP contribution is 2.29. The van der Waals surface area contributed by atoms with E-state index in [1.165, 1.54) is 6.38 Å². The molecule has 0 bridgehead atoms. The predicted octanol–water partition coefficient (Wildman–Crippen LogP) is 2.86. The third-order valence-corrected chi connectivity index (χ3v) is 2.69. The SMILES string of the molecule is CCl.O=C(O)C(O)(c1ccccc1)c1ccccc1. The van der Waals surface area contributed by atoms with Crippen LogP contribution in [0.3, 0.4) is 0 Å². The Hall–Kier alpha value is -1.84. The van der Waals surface area contributed by atoms with Gasteiger partial charge in [0.1, 0.15) is 0 Å². The summed E-state index contributed by atoms with van der Waals surface area (Å²) in [5.74, 6) is -1.28. The monoisotopic (exact) mass is 278 g/mol. The smallest absolute Gasteiger partial charge is 0.345 e. The summed E-state index contributed by atoms with van der Waals surface area (Å²) in [5.41, 5.74) is -1.31. The normalized spacial score (nSPS) is 10.3. The second-order valence-electron chi connectivity index (χ2n) is 3.75. The van der Waals surface area contributed by atoms with Crippen molar-refractivity contribution in [3.63, 3.8) is 0 Å². The molecule has 0 aliphatic carbocycles. The van der Waals surface area contributed by atoms with Crippen molar-refractivity contribution in [1.82, 2.24) is 0 Å². The van der Waals surface area contributed by atoms with Crippen molar-refractivity contribution < 1.29 is 15.0 Å². The molecule has 0 aliphatic rings. The van der Waals surface area contributed by atoms with E-state index < -0.39 is 11.6 Å². The molecule has 0 atom stereocenters. The van der Waals surface area contributed by atoms with Crippen LogP contribution < -0.4 is 0 Å². The van der Waals surface area contributed by atoms with E-state index in [1.54, 1.807) is 60.7 Å². The lowest BCUT2D eigenvalue weighted by Gasteiger charge is -2.24. The average Bonchev–Trinajstić information content (AvgIpc) is 2.50. The summed E-state index contributed by atoms with van der Waals surface area (Å²) in [5, 5.41) is 19.7. The topological polar surface area (TPSA) is 57.5 Å². The molecule has 0 spiro atoms. The van der Waals surface area contributed by atoms with Crippen molar-refractivity contribution >= 4 is 17.6 Å². The van der Waals surface area contributed by atoms with Crippen molar-refractivity contribution in [3.8, 4) is 0 Å². The summed E-state index contributed by atoms with van der Waals surface area (Å²) in [4.78, 5) is 11.4. The van der Waals surface area contributed by atoms with Crippen molar-refractivity contribution in [2.24, 2.45) is 0 Å². The van der Waals surface area contributed by atoms with Crippen molar-refractivity contribution in [1.29, 1.82) is 0 Å². The van der Waals surface area contributed by atoms with Gasteiger partial charge in [-0.2, -0.15) is 0 Å². The van der Waals surface area contributed by atoms with Crippen LogP contribution in [0.4, 0.5) is 0 Å². The fourth-order valence-corrected chi connectivity index (χ4v) is 1.77. The summed E-state index contributed by atoms with van der Waals surface area (Å²) in [6.45, 7) is 0. The summed E-state index contributed by atoms with van der Waals surface area (Å²) in [6, 6.07) is 16.7. The lowest BCUT2D eigenvalue weighted by Crippen LogP contribution is -2.36. The molecule has 2 aromatic carbocycles. The largest absolute Gasteiger partial charge is 0.479 e. The van der Waals surface area contributed by atoms with Gasteiger partial charge >= 0.3 is 5.97 Å². The number of carboxylic acids is 1. The van der Waals surface area contributed by atoms with Gasteiger partial charge in [0.15, 0.2) is 0 Å². The van der Waals surface area contributed by atoms with E-state index >= 15 is 0 Å². The van der Waals surface area contributed by atoms with Crippen molar-refractivity contribution in [2.45, 2.75) is 5.60 Å². The first kappa shape index (κ1) is 15.2. The molecule has 0 saturated carbocycles. The highest BCUT2D eigenvalue weighted by Gasteiger charge is 2.39. The zero-order chi connectivity index (χ0) is 14.3. The molecule has 2 N–H and O–H groups in total. The number of halogens is 1. The van der Waals surface area contributed by atoms with Crippen LogP contribution in [0.1, 0.15) is 11.1 Å². The van der Waals surface area contributed by atoms with E-state index in [0.29, 0.717) is 11.1 Å². The minimum absolute atomic E-state index is 0.346. The second kappa shape index (κ2) is 6.92. The first-order valence-corrected chi connectivity index (χ1v) is 6.36. The molecule has 0 aliphatic heterocycles. The van der Waals surface area contributed by atoms with Crippen LogP contribution >= 0.6 is 11.6 Å². The Balaban J connectivity index is 0.000000861. The maximum absolute atomic E-state index is 11.4.